The Morgan fingerprint density at radius 2 is 1.86 bits per heavy atom. The van der Waals surface area contributed by atoms with E-state index in [1.165, 1.54) is 0 Å². The maximum Gasteiger partial charge on any atom is 0.119 e. The van der Waals surface area contributed by atoms with E-state index in [4.69, 9.17) is 16.3 Å². The molecule has 14 heavy (non-hydrogen) atoms. The Labute approximate surface area is 94.8 Å². The van der Waals surface area contributed by atoms with E-state index in [9.17, 15) is 0 Å². The van der Waals surface area contributed by atoms with Crippen LogP contribution in [0.1, 0.15) is 11.1 Å². The number of hydrogen-bond donors (Lipinski definition) is 0. The van der Waals surface area contributed by atoms with Crippen LogP contribution in [-0.4, -0.2) is 18.6 Å². The van der Waals surface area contributed by atoms with Crippen LogP contribution in [0, 0.1) is 13.8 Å². The van der Waals surface area contributed by atoms with Crippen LogP contribution in [0.25, 0.3) is 0 Å². The summed E-state index contributed by atoms with van der Waals surface area (Å²) >= 11 is 7.83. The van der Waals surface area contributed by atoms with E-state index in [0.29, 0.717) is 0 Å². The van der Waals surface area contributed by atoms with Gasteiger partial charge in [-0.3, -0.25) is 0 Å². The molecule has 78 valence electrons. The Morgan fingerprint density at radius 3 is 2.36 bits per heavy atom. The maximum atomic E-state index is 6.05. The molecule has 0 aliphatic heterocycles. The molecule has 0 fully saturated rings. The zero-order valence-corrected chi connectivity index (χ0v) is 10.3. The van der Waals surface area contributed by atoms with Gasteiger partial charge in [0, 0.05) is 10.8 Å². The van der Waals surface area contributed by atoms with Crippen LogP contribution in [0.4, 0.5) is 0 Å². The van der Waals surface area contributed by atoms with E-state index in [1.54, 1.807) is 11.8 Å². The van der Waals surface area contributed by atoms with E-state index < -0.39 is 0 Å². The first-order chi connectivity index (χ1) is 6.65. The van der Waals surface area contributed by atoms with E-state index in [0.717, 1.165) is 34.3 Å². The lowest BCUT2D eigenvalue weighted by Crippen LogP contribution is -2.00. The fourth-order valence-electron chi connectivity index (χ4n) is 1.23. The molecule has 0 amide bonds. The van der Waals surface area contributed by atoms with Gasteiger partial charge >= 0.3 is 0 Å². The van der Waals surface area contributed by atoms with Crippen molar-refractivity contribution in [2.24, 2.45) is 0 Å². The number of ether oxygens (including phenoxy) is 1. The van der Waals surface area contributed by atoms with E-state index >= 15 is 0 Å². The highest BCUT2D eigenvalue weighted by Crippen LogP contribution is 2.25. The third-order valence-corrected chi connectivity index (χ3v) is 3.14. The van der Waals surface area contributed by atoms with Gasteiger partial charge in [0.1, 0.15) is 5.75 Å². The lowest BCUT2D eigenvalue weighted by atomic mass is 10.1. The molecule has 0 aromatic heterocycles. The van der Waals surface area contributed by atoms with E-state index in [1.807, 2.05) is 26.0 Å². The van der Waals surface area contributed by atoms with Gasteiger partial charge in [0.15, 0.2) is 0 Å². The monoisotopic (exact) mass is 230 g/mol. The van der Waals surface area contributed by atoms with Gasteiger partial charge in [-0.05, 0) is 43.4 Å². The molecule has 1 aromatic carbocycles. The smallest absolute Gasteiger partial charge is 0.119 e. The van der Waals surface area contributed by atoms with Gasteiger partial charge in [0.05, 0.1) is 6.61 Å². The molecule has 0 unspecified atom stereocenters. The molecule has 0 bridgehead atoms. The molecule has 0 heterocycles. The van der Waals surface area contributed by atoms with Crippen LogP contribution < -0.4 is 4.74 Å². The van der Waals surface area contributed by atoms with Crippen LogP contribution in [0.3, 0.4) is 0 Å². The minimum Gasteiger partial charge on any atom is -0.493 e. The van der Waals surface area contributed by atoms with Gasteiger partial charge in [-0.2, -0.15) is 11.8 Å². The van der Waals surface area contributed by atoms with Crippen molar-refractivity contribution >= 4 is 23.4 Å². The molecule has 0 aliphatic carbocycles. The van der Waals surface area contributed by atoms with Crippen molar-refractivity contribution in [1.82, 2.24) is 0 Å². The first kappa shape index (κ1) is 11.7. The van der Waals surface area contributed by atoms with Crippen LogP contribution >= 0.6 is 23.4 Å². The number of rotatable bonds is 4. The third-order valence-electron chi connectivity index (χ3n) is 1.97. The Balaban J connectivity index is 2.69. The molecule has 1 nitrogen and oxygen atoms in total. The number of thioether (sulfide) groups is 1. The first-order valence-corrected chi connectivity index (χ1v) is 6.31. The third kappa shape index (κ3) is 3.10. The highest BCUT2D eigenvalue weighted by atomic mass is 35.5. The summed E-state index contributed by atoms with van der Waals surface area (Å²) in [5, 5.41) is 0.835. The van der Waals surface area contributed by atoms with Gasteiger partial charge in [-0.1, -0.05) is 11.6 Å². The van der Waals surface area contributed by atoms with Crippen molar-refractivity contribution in [3.8, 4) is 5.75 Å². The SMILES string of the molecule is CSCCOc1cc(C)c(Cl)c(C)c1. The molecule has 0 N–H and O–H groups in total. The molecule has 0 radical (unpaired) electrons. The van der Waals surface area contributed by atoms with Crippen LogP contribution in [-0.2, 0) is 0 Å². The summed E-state index contributed by atoms with van der Waals surface area (Å²) in [7, 11) is 0. The summed E-state index contributed by atoms with van der Waals surface area (Å²) in [5.74, 6) is 1.93. The quantitative estimate of drug-likeness (QED) is 0.730. The fraction of sp³-hybridized carbons (Fsp3) is 0.455. The average molecular weight is 231 g/mol. The molecule has 3 heteroatoms. The Bertz CT molecular complexity index is 289. The van der Waals surface area contributed by atoms with Crippen molar-refractivity contribution in [2.45, 2.75) is 13.8 Å². The van der Waals surface area contributed by atoms with E-state index in [-0.39, 0.29) is 0 Å². The molecule has 1 rings (SSSR count). The van der Waals surface area contributed by atoms with Crippen LogP contribution in [0.15, 0.2) is 12.1 Å². The van der Waals surface area contributed by atoms with Gasteiger partial charge < -0.3 is 4.74 Å². The second kappa shape index (κ2) is 5.52. The Morgan fingerprint density at radius 1 is 1.29 bits per heavy atom. The van der Waals surface area contributed by atoms with Crippen molar-refractivity contribution in [1.29, 1.82) is 0 Å². The largest absolute Gasteiger partial charge is 0.493 e. The Kier molecular flexibility index (Phi) is 4.63. The van der Waals surface area contributed by atoms with Crippen molar-refractivity contribution in [3.63, 3.8) is 0 Å². The molecule has 1 aromatic rings. The van der Waals surface area contributed by atoms with Gasteiger partial charge in [-0.15, -0.1) is 0 Å². The highest BCUT2D eigenvalue weighted by molar-refractivity contribution is 7.98. The zero-order valence-electron chi connectivity index (χ0n) is 8.76. The molecule has 0 aliphatic rings. The highest BCUT2D eigenvalue weighted by Gasteiger charge is 2.02. The molecular formula is C11H15ClOS. The summed E-state index contributed by atoms with van der Waals surface area (Å²) in [6, 6.07) is 3.96. The second-order valence-electron chi connectivity index (χ2n) is 3.21. The first-order valence-electron chi connectivity index (χ1n) is 4.53. The average Bonchev–Trinajstić information content (AvgIpc) is 2.14. The Hall–Kier alpha value is -0.340. The zero-order chi connectivity index (χ0) is 10.6. The van der Waals surface area contributed by atoms with Crippen LogP contribution in [0.2, 0.25) is 5.02 Å². The normalized spacial score (nSPS) is 10.3. The second-order valence-corrected chi connectivity index (χ2v) is 4.58. The fourth-order valence-corrected chi connectivity index (χ4v) is 1.59. The predicted molar refractivity (Wildman–Crippen MR) is 64.8 cm³/mol. The number of benzene rings is 1. The standard InChI is InChI=1S/C11H15ClOS/c1-8-6-10(13-4-5-14-3)7-9(2)11(8)12/h6-7H,4-5H2,1-3H3. The minimum absolute atomic E-state index is 0.752. The van der Waals surface area contributed by atoms with Crippen molar-refractivity contribution in [3.05, 3.63) is 28.3 Å². The topological polar surface area (TPSA) is 9.23 Å². The molecule has 0 spiro atoms. The minimum atomic E-state index is 0.752. The summed E-state index contributed by atoms with van der Waals surface area (Å²) in [4.78, 5) is 0. The molecule has 0 atom stereocenters. The summed E-state index contributed by atoms with van der Waals surface area (Å²) in [6.45, 7) is 4.75. The number of halogens is 1. The summed E-state index contributed by atoms with van der Waals surface area (Å²) < 4.78 is 5.58. The summed E-state index contributed by atoms with van der Waals surface area (Å²) in [5.41, 5.74) is 2.15. The number of hydrogen-bond acceptors (Lipinski definition) is 2. The van der Waals surface area contributed by atoms with Gasteiger partial charge in [0.2, 0.25) is 0 Å². The molecular weight excluding hydrogens is 216 g/mol. The van der Waals surface area contributed by atoms with Gasteiger partial charge in [-0.25, -0.2) is 0 Å². The van der Waals surface area contributed by atoms with Crippen molar-refractivity contribution < 1.29 is 4.74 Å². The predicted octanol–water partition coefficient (Wildman–Crippen LogP) is 3.70. The molecule has 0 saturated heterocycles. The van der Waals surface area contributed by atoms with Crippen LogP contribution in [0.5, 0.6) is 5.75 Å². The number of aryl methyl sites for hydroxylation is 2. The lowest BCUT2D eigenvalue weighted by Gasteiger charge is -2.09. The van der Waals surface area contributed by atoms with Crippen molar-refractivity contribution in [2.75, 3.05) is 18.6 Å². The summed E-state index contributed by atoms with van der Waals surface area (Å²) in [6.07, 6.45) is 2.07. The van der Waals surface area contributed by atoms with E-state index in [2.05, 4.69) is 6.26 Å². The lowest BCUT2D eigenvalue weighted by molar-refractivity contribution is 0.343. The van der Waals surface area contributed by atoms with Gasteiger partial charge in [0.25, 0.3) is 0 Å². The maximum absolute atomic E-state index is 6.05. The molecule has 0 saturated carbocycles.